The van der Waals surface area contributed by atoms with Gasteiger partial charge in [-0.2, -0.15) is 0 Å². The molecule has 4 unspecified atom stereocenters. The van der Waals surface area contributed by atoms with Crippen LogP contribution in [0.3, 0.4) is 0 Å². The zero-order valence-electron chi connectivity index (χ0n) is 23.8. The molecule has 0 aromatic heterocycles. The number of hydrogen-bond donors (Lipinski definition) is 0. The van der Waals surface area contributed by atoms with Crippen molar-refractivity contribution in [2.45, 2.75) is 103 Å². The number of rotatable bonds is 14. The van der Waals surface area contributed by atoms with E-state index in [9.17, 15) is 9.59 Å². The van der Waals surface area contributed by atoms with Crippen molar-refractivity contribution in [3.8, 4) is 0 Å². The third kappa shape index (κ3) is 8.92. The average molecular weight is 515 g/mol. The second-order valence-electron chi connectivity index (χ2n) is 11.7. The van der Waals surface area contributed by atoms with Gasteiger partial charge in [0, 0.05) is 38.6 Å². The molecule has 4 atom stereocenters. The molecule has 2 aliphatic rings. The molecule has 0 radical (unpaired) electrons. The number of ether oxygens (including phenoxy) is 3. The zero-order valence-corrected chi connectivity index (χ0v) is 23.8. The van der Waals surface area contributed by atoms with Gasteiger partial charge in [-0.05, 0) is 82.1 Å². The van der Waals surface area contributed by atoms with Gasteiger partial charge in [0.25, 0.3) is 0 Å². The smallest absolute Gasteiger partial charge is 0.305 e. The standard InChI is InChI=1S/C32H50O5/c1-5-9-26(21-25-15-18-36-19-16-25)22-30(33)27-11-7-13-29(23-27)32(3,28-12-6-10-24(2)20-28)37-17-8-14-31(34)35-4/h6,10,12,20,25-27,29H,5,7-9,11,13-19,21-23H2,1-4H3. The van der Waals surface area contributed by atoms with E-state index in [4.69, 9.17) is 14.2 Å². The van der Waals surface area contributed by atoms with Crippen LogP contribution in [0.4, 0.5) is 0 Å². The average Bonchev–Trinajstić information content (AvgIpc) is 2.91. The first-order chi connectivity index (χ1) is 17.9. The van der Waals surface area contributed by atoms with Gasteiger partial charge in [0.05, 0.1) is 12.7 Å². The lowest BCUT2D eigenvalue weighted by molar-refractivity contribution is -0.142. The summed E-state index contributed by atoms with van der Waals surface area (Å²) in [6.45, 7) is 8.79. The van der Waals surface area contributed by atoms with Crippen molar-refractivity contribution < 1.29 is 23.8 Å². The highest BCUT2D eigenvalue weighted by molar-refractivity contribution is 5.81. The summed E-state index contributed by atoms with van der Waals surface area (Å²) in [5.41, 5.74) is 1.90. The SMILES string of the molecule is CCCC(CC(=O)C1CCCC(C(C)(OCCCC(=O)OC)c2cccc(C)c2)C1)CC1CCOCC1. The minimum Gasteiger partial charge on any atom is -0.469 e. The van der Waals surface area contributed by atoms with E-state index < -0.39 is 5.60 Å². The second kappa shape index (κ2) is 15.0. The van der Waals surface area contributed by atoms with Gasteiger partial charge in [0.15, 0.2) is 0 Å². The summed E-state index contributed by atoms with van der Waals surface area (Å²) in [6.07, 6.45) is 11.5. The summed E-state index contributed by atoms with van der Waals surface area (Å²) in [5, 5.41) is 0. The van der Waals surface area contributed by atoms with Crippen LogP contribution in [0.25, 0.3) is 0 Å². The van der Waals surface area contributed by atoms with Gasteiger partial charge in [-0.25, -0.2) is 0 Å². The summed E-state index contributed by atoms with van der Waals surface area (Å²) in [4.78, 5) is 25.2. The second-order valence-corrected chi connectivity index (χ2v) is 11.7. The van der Waals surface area contributed by atoms with Crippen molar-refractivity contribution in [1.29, 1.82) is 0 Å². The number of esters is 1. The number of aryl methyl sites for hydroxylation is 1. The fraction of sp³-hybridized carbons (Fsp3) is 0.750. The number of methoxy groups -OCH3 is 1. The Kier molecular flexibility index (Phi) is 12.1. The summed E-state index contributed by atoms with van der Waals surface area (Å²) in [6, 6.07) is 8.58. The predicted molar refractivity (Wildman–Crippen MR) is 147 cm³/mol. The molecule has 1 heterocycles. The van der Waals surface area contributed by atoms with Gasteiger partial charge in [-0.3, -0.25) is 9.59 Å². The van der Waals surface area contributed by atoms with Crippen molar-refractivity contribution in [2.24, 2.45) is 23.7 Å². The Morgan fingerprint density at radius 3 is 2.65 bits per heavy atom. The highest BCUT2D eigenvalue weighted by atomic mass is 16.5. The third-order valence-corrected chi connectivity index (χ3v) is 8.85. The van der Waals surface area contributed by atoms with E-state index in [1.807, 2.05) is 0 Å². The van der Waals surface area contributed by atoms with E-state index in [1.165, 1.54) is 24.7 Å². The lowest BCUT2D eigenvalue weighted by Crippen LogP contribution is -2.40. The number of carbonyl (C=O) groups is 2. The summed E-state index contributed by atoms with van der Waals surface area (Å²) >= 11 is 0. The van der Waals surface area contributed by atoms with E-state index in [2.05, 4.69) is 45.0 Å². The van der Waals surface area contributed by atoms with Gasteiger partial charge in [0.2, 0.25) is 0 Å². The van der Waals surface area contributed by atoms with E-state index in [0.29, 0.717) is 37.1 Å². The Bertz CT molecular complexity index is 845. The first-order valence-corrected chi connectivity index (χ1v) is 14.7. The maximum atomic E-state index is 13.6. The lowest BCUT2D eigenvalue weighted by atomic mass is 9.68. The highest BCUT2D eigenvalue weighted by Crippen LogP contribution is 2.45. The summed E-state index contributed by atoms with van der Waals surface area (Å²) in [5.74, 6) is 1.86. The van der Waals surface area contributed by atoms with Crippen molar-refractivity contribution >= 4 is 11.8 Å². The maximum absolute atomic E-state index is 13.6. The molecule has 1 saturated carbocycles. The van der Waals surface area contributed by atoms with Crippen LogP contribution in [0.5, 0.6) is 0 Å². The van der Waals surface area contributed by atoms with Crippen LogP contribution in [0, 0.1) is 30.6 Å². The zero-order chi connectivity index (χ0) is 26.7. The fourth-order valence-corrected chi connectivity index (χ4v) is 6.59. The molecule has 5 heteroatoms. The Morgan fingerprint density at radius 2 is 1.95 bits per heavy atom. The van der Waals surface area contributed by atoms with Crippen LogP contribution in [0.15, 0.2) is 24.3 Å². The molecule has 0 spiro atoms. The van der Waals surface area contributed by atoms with Crippen LogP contribution in [0.2, 0.25) is 0 Å². The number of benzene rings is 1. The van der Waals surface area contributed by atoms with Gasteiger partial charge in [-0.1, -0.05) is 56.0 Å². The minimum atomic E-state index is -0.480. The molecule has 5 nitrogen and oxygen atoms in total. The topological polar surface area (TPSA) is 61.8 Å². The Labute approximate surface area is 225 Å². The molecule has 0 bridgehead atoms. The van der Waals surface area contributed by atoms with Gasteiger partial charge >= 0.3 is 5.97 Å². The fourth-order valence-electron chi connectivity index (χ4n) is 6.59. The number of Topliss-reactive ketones (excluding diaryl/α,β-unsaturated/α-hetero) is 1. The quantitative estimate of drug-likeness (QED) is 0.194. The normalized spacial score (nSPS) is 23.2. The number of carbonyl (C=O) groups excluding carboxylic acids is 2. The molecule has 1 aromatic carbocycles. The maximum Gasteiger partial charge on any atom is 0.305 e. The van der Waals surface area contributed by atoms with Crippen molar-refractivity contribution in [3.05, 3.63) is 35.4 Å². The van der Waals surface area contributed by atoms with Crippen molar-refractivity contribution in [2.75, 3.05) is 26.9 Å². The molecule has 0 amide bonds. The third-order valence-electron chi connectivity index (χ3n) is 8.85. The number of hydrogen-bond acceptors (Lipinski definition) is 5. The van der Waals surface area contributed by atoms with Crippen LogP contribution in [-0.2, 0) is 29.4 Å². The molecule has 0 N–H and O–H groups in total. The number of ketones is 1. The molecule has 37 heavy (non-hydrogen) atoms. The lowest BCUT2D eigenvalue weighted by Gasteiger charge is -2.42. The van der Waals surface area contributed by atoms with Crippen molar-refractivity contribution in [3.63, 3.8) is 0 Å². The molecular weight excluding hydrogens is 464 g/mol. The van der Waals surface area contributed by atoms with Crippen LogP contribution < -0.4 is 0 Å². The van der Waals surface area contributed by atoms with E-state index in [1.54, 1.807) is 0 Å². The van der Waals surface area contributed by atoms with Crippen LogP contribution in [0.1, 0.15) is 102 Å². The highest BCUT2D eigenvalue weighted by Gasteiger charge is 2.41. The molecule has 1 aromatic rings. The Morgan fingerprint density at radius 1 is 1.16 bits per heavy atom. The van der Waals surface area contributed by atoms with E-state index in [0.717, 1.165) is 71.0 Å². The molecule has 3 rings (SSSR count). The first-order valence-electron chi connectivity index (χ1n) is 14.7. The van der Waals surface area contributed by atoms with Gasteiger partial charge in [0.1, 0.15) is 5.78 Å². The Balaban J connectivity index is 1.68. The van der Waals surface area contributed by atoms with Gasteiger partial charge in [-0.15, -0.1) is 0 Å². The van der Waals surface area contributed by atoms with Crippen LogP contribution in [-0.4, -0.2) is 38.7 Å². The largest absolute Gasteiger partial charge is 0.469 e. The summed E-state index contributed by atoms with van der Waals surface area (Å²) in [7, 11) is 1.42. The molecule has 1 aliphatic heterocycles. The first kappa shape index (κ1) is 29.8. The molecule has 1 saturated heterocycles. The van der Waals surface area contributed by atoms with Crippen molar-refractivity contribution in [1.82, 2.24) is 0 Å². The van der Waals surface area contributed by atoms with E-state index in [-0.39, 0.29) is 17.8 Å². The monoisotopic (exact) mass is 514 g/mol. The molecule has 208 valence electrons. The molecule has 1 aliphatic carbocycles. The Hall–Kier alpha value is -1.72. The molecule has 2 fully saturated rings. The minimum absolute atomic E-state index is 0.121. The predicted octanol–water partition coefficient (Wildman–Crippen LogP) is 7.18. The van der Waals surface area contributed by atoms with Gasteiger partial charge < -0.3 is 14.2 Å². The van der Waals surface area contributed by atoms with E-state index >= 15 is 0 Å². The molecular formula is C32H50O5. The summed E-state index contributed by atoms with van der Waals surface area (Å²) < 4.78 is 17.0. The van der Waals surface area contributed by atoms with Crippen LogP contribution >= 0.6 is 0 Å².